The third kappa shape index (κ3) is 7.16. The minimum absolute atomic E-state index is 0. The van der Waals surface area contributed by atoms with Crippen molar-refractivity contribution >= 4 is 18.3 Å². The second-order valence-corrected chi connectivity index (χ2v) is 5.52. The fourth-order valence-electron chi connectivity index (χ4n) is 2.58. The summed E-state index contributed by atoms with van der Waals surface area (Å²) in [5.41, 5.74) is 0. The van der Waals surface area contributed by atoms with Crippen LogP contribution in [-0.4, -0.2) is 56.7 Å². The van der Waals surface area contributed by atoms with E-state index in [4.69, 9.17) is 4.74 Å². The van der Waals surface area contributed by atoms with E-state index in [0.717, 1.165) is 19.5 Å². The van der Waals surface area contributed by atoms with Crippen LogP contribution in [0.4, 0.5) is 4.39 Å². The largest absolute Gasteiger partial charge is 0.492 e. The molecule has 1 aromatic carbocycles. The molecule has 1 aromatic rings. The Morgan fingerprint density at radius 2 is 2.13 bits per heavy atom. The number of likely N-dealkylation sites (N-methyl/N-ethyl adjacent to an activating group) is 1. The van der Waals surface area contributed by atoms with Crippen LogP contribution in [0, 0.1) is 5.82 Å². The van der Waals surface area contributed by atoms with Crippen molar-refractivity contribution in [3.63, 3.8) is 0 Å². The lowest BCUT2D eigenvalue weighted by atomic mass is 10.1. The van der Waals surface area contributed by atoms with Crippen LogP contribution >= 0.6 is 12.4 Å². The molecular formula is C16H25ClFN3O2. The minimum Gasteiger partial charge on any atom is -0.492 e. The molecule has 1 heterocycles. The lowest BCUT2D eigenvalue weighted by molar-refractivity contribution is -0.122. The zero-order valence-electron chi connectivity index (χ0n) is 13.4. The summed E-state index contributed by atoms with van der Waals surface area (Å²) in [5, 5.41) is 6.11. The molecule has 0 aromatic heterocycles. The lowest BCUT2D eigenvalue weighted by Gasteiger charge is -2.31. The Labute approximate surface area is 143 Å². The molecule has 1 amide bonds. The van der Waals surface area contributed by atoms with Gasteiger partial charge in [-0.1, -0.05) is 0 Å². The SMILES string of the molecule is CNC1CCCN(CC(=O)NCCOc2ccc(F)cc2)C1.Cl. The molecule has 130 valence electrons. The monoisotopic (exact) mass is 345 g/mol. The van der Waals surface area contributed by atoms with E-state index in [0.29, 0.717) is 31.5 Å². The molecule has 0 aliphatic carbocycles. The molecule has 1 atom stereocenters. The average molecular weight is 346 g/mol. The molecule has 0 radical (unpaired) electrons. The summed E-state index contributed by atoms with van der Waals surface area (Å²) in [6, 6.07) is 6.32. The Morgan fingerprint density at radius 1 is 1.39 bits per heavy atom. The van der Waals surface area contributed by atoms with Crippen molar-refractivity contribution in [2.24, 2.45) is 0 Å². The maximum Gasteiger partial charge on any atom is 0.234 e. The Morgan fingerprint density at radius 3 is 2.83 bits per heavy atom. The molecule has 0 bridgehead atoms. The predicted octanol–water partition coefficient (Wildman–Crippen LogP) is 1.43. The van der Waals surface area contributed by atoms with Gasteiger partial charge in [-0.05, 0) is 50.7 Å². The number of carbonyl (C=O) groups is 1. The first-order chi connectivity index (χ1) is 10.7. The number of likely N-dealkylation sites (tertiary alicyclic amines) is 1. The molecular weight excluding hydrogens is 321 g/mol. The van der Waals surface area contributed by atoms with Crippen LogP contribution in [0.2, 0.25) is 0 Å². The number of nitrogens with zero attached hydrogens (tertiary/aromatic N) is 1. The van der Waals surface area contributed by atoms with Gasteiger partial charge in [-0.25, -0.2) is 4.39 Å². The highest BCUT2D eigenvalue weighted by atomic mass is 35.5. The molecule has 1 unspecified atom stereocenters. The van der Waals surface area contributed by atoms with Gasteiger partial charge in [0, 0.05) is 12.6 Å². The van der Waals surface area contributed by atoms with Gasteiger partial charge < -0.3 is 15.4 Å². The first kappa shape index (κ1) is 19.7. The topological polar surface area (TPSA) is 53.6 Å². The number of hydrogen-bond donors (Lipinski definition) is 2. The van der Waals surface area contributed by atoms with Crippen molar-refractivity contribution in [3.05, 3.63) is 30.1 Å². The Hall–Kier alpha value is -1.37. The molecule has 2 N–H and O–H groups in total. The van der Waals surface area contributed by atoms with Gasteiger partial charge >= 0.3 is 0 Å². The maximum atomic E-state index is 12.7. The van der Waals surface area contributed by atoms with Gasteiger partial charge in [0.05, 0.1) is 13.1 Å². The molecule has 0 spiro atoms. The molecule has 1 aliphatic rings. The van der Waals surface area contributed by atoms with E-state index < -0.39 is 0 Å². The van der Waals surface area contributed by atoms with E-state index in [9.17, 15) is 9.18 Å². The van der Waals surface area contributed by atoms with Crippen molar-refractivity contribution in [2.45, 2.75) is 18.9 Å². The Balaban J connectivity index is 0.00000264. The van der Waals surface area contributed by atoms with Gasteiger partial charge in [-0.15, -0.1) is 12.4 Å². The lowest BCUT2D eigenvalue weighted by Crippen LogP contribution is -2.48. The standard InChI is InChI=1S/C16H24FN3O2.ClH/c1-18-14-3-2-9-20(11-14)12-16(21)19-8-10-22-15-6-4-13(17)5-7-15;/h4-7,14,18H,2-3,8-12H2,1H3,(H,19,21);1H. The average Bonchev–Trinajstić information content (AvgIpc) is 2.53. The minimum atomic E-state index is -0.290. The van der Waals surface area contributed by atoms with Crippen molar-refractivity contribution < 1.29 is 13.9 Å². The molecule has 1 fully saturated rings. The summed E-state index contributed by atoms with van der Waals surface area (Å²) in [5.74, 6) is 0.324. The molecule has 1 aliphatic heterocycles. The van der Waals surface area contributed by atoms with Gasteiger partial charge in [-0.3, -0.25) is 9.69 Å². The van der Waals surface area contributed by atoms with Gasteiger partial charge in [0.25, 0.3) is 0 Å². The highest BCUT2D eigenvalue weighted by Crippen LogP contribution is 2.10. The highest BCUT2D eigenvalue weighted by molar-refractivity contribution is 5.85. The molecule has 1 saturated heterocycles. The van der Waals surface area contributed by atoms with Crippen LogP contribution in [-0.2, 0) is 4.79 Å². The van der Waals surface area contributed by atoms with E-state index in [1.165, 1.54) is 18.6 Å². The number of ether oxygens (including phenoxy) is 1. The van der Waals surface area contributed by atoms with E-state index in [2.05, 4.69) is 15.5 Å². The molecule has 5 nitrogen and oxygen atoms in total. The summed E-state index contributed by atoms with van der Waals surface area (Å²) < 4.78 is 18.2. The van der Waals surface area contributed by atoms with Crippen LogP contribution in [0.3, 0.4) is 0 Å². The number of benzene rings is 1. The summed E-state index contributed by atoms with van der Waals surface area (Å²) in [4.78, 5) is 14.1. The zero-order chi connectivity index (χ0) is 15.8. The van der Waals surface area contributed by atoms with Crippen LogP contribution in [0.25, 0.3) is 0 Å². The summed E-state index contributed by atoms with van der Waals surface area (Å²) in [6.07, 6.45) is 2.28. The number of nitrogens with one attached hydrogen (secondary N) is 2. The van der Waals surface area contributed by atoms with Crippen LogP contribution in [0.15, 0.2) is 24.3 Å². The Kier molecular flexibility index (Phi) is 8.91. The second-order valence-electron chi connectivity index (χ2n) is 5.52. The van der Waals surface area contributed by atoms with Gasteiger partial charge in [0.15, 0.2) is 0 Å². The van der Waals surface area contributed by atoms with Crippen molar-refractivity contribution in [2.75, 3.05) is 39.8 Å². The molecule has 0 saturated carbocycles. The molecule has 7 heteroatoms. The number of carbonyl (C=O) groups excluding carboxylic acids is 1. The van der Waals surface area contributed by atoms with Crippen molar-refractivity contribution in [1.82, 2.24) is 15.5 Å². The van der Waals surface area contributed by atoms with E-state index in [1.807, 2.05) is 7.05 Å². The Bertz CT molecular complexity index is 473. The number of amides is 1. The molecule has 2 rings (SSSR count). The van der Waals surface area contributed by atoms with E-state index in [-0.39, 0.29) is 24.1 Å². The number of rotatable bonds is 7. The number of hydrogen-bond acceptors (Lipinski definition) is 4. The van der Waals surface area contributed by atoms with Gasteiger partial charge in [0.2, 0.25) is 5.91 Å². The smallest absolute Gasteiger partial charge is 0.234 e. The van der Waals surface area contributed by atoms with Gasteiger partial charge in [0.1, 0.15) is 18.2 Å². The number of piperidine rings is 1. The van der Waals surface area contributed by atoms with Crippen molar-refractivity contribution in [1.29, 1.82) is 0 Å². The van der Waals surface area contributed by atoms with Crippen LogP contribution < -0.4 is 15.4 Å². The van der Waals surface area contributed by atoms with Crippen molar-refractivity contribution in [3.8, 4) is 5.75 Å². The zero-order valence-corrected chi connectivity index (χ0v) is 14.2. The predicted molar refractivity (Wildman–Crippen MR) is 90.7 cm³/mol. The highest BCUT2D eigenvalue weighted by Gasteiger charge is 2.19. The number of halogens is 2. The summed E-state index contributed by atoms with van der Waals surface area (Å²) in [6.45, 7) is 3.12. The second kappa shape index (κ2) is 10.4. The van der Waals surface area contributed by atoms with Gasteiger partial charge in [-0.2, -0.15) is 0 Å². The van der Waals surface area contributed by atoms with E-state index in [1.54, 1.807) is 12.1 Å². The fourth-order valence-corrected chi connectivity index (χ4v) is 2.58. The first-order valence-electron chi connectivity index (χ1n) is 7.72. The summed E-state index contributed by atoms with van der Waals surface area (Å²) in [7, 11) is 1.96. The first-order valence-corrected chi connectivity index (χ1v) is 7.72. The normalized spacial score (nSPS) is 18.1. The van der Waals surface area contributed by atoms with E-state index >= 15 is 0 Å². The quantitative estimate of drug-likeness (QED) is 0.734. The van der Waals surface area contributed by atoms with Crippen LogP contribution in [0.5, 0.6) is 5.75 Å². The van der Waals surface area contributed by atoms with Crippen LogP contribution in [0.1, 0.15) is 12.8 Å². The third-order valence-corrected chi connectivity index (χ3v) is 3.79. The fraction of sp³-hybridized carbons (Fsp3) is 0.562. The maximum absolute atomic E-state index is 12.7. The summed E-state index contributed by atoms with van der Waals surface area (Å²) >= 11 is 0. The third-order valence-electron chi connectivity index (χ3n) is 3.79. The molecule has 23 heavy (non-hydrogen) atoms.